The number of sulfonamides is 1. The van der Waals surface area contributed by atoms with Gasteiger partial charge in [-0.2, -0.15) is 0 Å². The molecule has 0 radical (unpaired) electrons. The number of carbonyl (C=O) groups is 2. The summed E-state index contributed by atoms with van der Waals surface area (Å²) < 4.78 is 44.2. The minimum Gasteiger partial charge on any atom is -0.354 e. The molecule has 0 aliphatic heterocycles. The summed E-state index contributed by atoms with van der Waals surface area (Å²) in [6, 6.07) is 26.6. The summed E-state index contributed by atoms with van der Waals surface area (Å²) in [5.74, 6) is -1.48. The highest BCUT2D eigenvalue weighted by atomic mass is 35.5. The van der Waals surface area contributed by atoms with E-state index in [4.69, 9.17) is 11.6 Å². The van der Waals surface area contributed by atoms with Gasteiger partial charge in [0.05, 0.1) is 10.6 Å². The van der Waals surface area contributed by atoms with Gasteiger partial charge in [0.1, 0.15) is 18.4 Å². The fraction of sp³-hybridized carbons (Fsp3) is 0.257. The molecular weight excluding hydrogens is 613 g/mol. The lowest BCUT2D eigenvalue weighted by Crippen LogP contribution is -2.53. The predicted octanol–water partition coefficient (Wildman–Crippen LogP) is 6.40. The molecule has 0 heterocycles. The fourth-order valence-electron chi connectivity index (χ4n) is 4.83. The highest BCUT2D eigenvalue weighted by Gasteiger charge is 2.35. The molecule has 4 rings (SSSR count). The van der Waals surface area contributed by atoms with E-state index in [1.54, 1.807) is 36.4 Å². The van der Waals surface area contributed by atoms with Crippen LogP contribution in [0.25, 0.3) is 0 Å². The Labute approximate surface area is 269 Å². The van der Waals surface area contributed by atoms with Crippen molar-refractivity contribution in [1.29, 1.82) is 0 Å². The average molecular weight is 650 g/mol. The summed E-state index contributed by atoms with van der Waals surface area (Å²) in [6.45, 7) is 5.21. The molecule has 0 saturated heterocycles. The third-order valence-corrected chi connectivity index (χ3v) is 9.26. The summed E-state index contributed by atoms with van der Waals surface area (Å²) in [7, 11) is -4.27. The molecule has 0 aromatic heterocycles. The zero-order valence-corrected chi connectivity index (χ0v) is 27.1. The third-order valence-electron chi connectivity index (χ3n) is 7.22. The Morgan fingerprint density at radius 1 is 0.889 bits per heavy atom. The molecule has 0 bridgehead atoms. The van der Waals surface area contributed by atoms with E-state index in [9.17, 15) is 18.0 Å². The smallest absolute Gasteiger partial charge is 0.264 e. The van der Waals surface area contributed by atoms with Gasteiger partial charge < -0.3 is 10.2 Å². The molecule has 4 aromatic rings. The van der Waals surface area contributed by atoms with Gasteiger partial charge in [-0.25, -0.2) is 12.8 Å². The normalized spacial score (nSPS) is 12.0. The van der Waals surface area contributed by atoms with E-state index in [0.29, 0.717) is 11.6 Å². The van der Waals surface area contributed by atoms with E-state index in [0.717, 1.165) is 15.4 Å². The van der Waals surface area contributed by atoms with Crippen LogP contribution in [0, 0.1) is 18.7 Å². The molecule has 1 atom stereocenters. The van der Waals surface area contributed by atoms with Crippen molar-refractivity contribution < 1.29 is 22.4 Å². The van der Waals surface area contributed by atoms with Gasteiger partial charge >= 0.3 is 0 Å². The third kappa shape index (κ3) is 8.93. The van der Waals surface area contributed by atoms with Crippen molar-refractivity contribution in [2.24, 2.45) is 5.92 Å². The number of nitrogens with zero attached hydrogens (tertiary/aromatic N) is 2. The molecule has 4 aromatic carbocycles. The van der Waals surface area contributed by atoms with Crippen LogP contribution in [-0.2, 0) is 32.6 Å². The minimum atomic E-state index is -4.27. The molecule has 1 N–H and O–H groups in total. The van der Waals surface area contributed by atoms with E-state index in [-0.39, 0.29) is 35.0 Å². The summed E-state index contributed by atoms with van der Waals surface area (Å²) in [5, 5.41) is 3.28. The standard InChI is InChI=1S/C35H37ClFN3O4S/c1-25(2)22-38-35(42)33(21-27-11-5-4-6-12-27)39(23-28-13-7-8-15-32(28)37)34(41)24-40(30-14-9-10-26(3)20-30)45(43,44)31-18-16-29(36)17-19-31/h4-20,25,33H,21-24H2,1-3H3,(H,38,42). The maximum atomic E-state index is 15.0. The first-order chi connectivity index (χ1) is 21.5. The van der Waals surface area contributed by atoms with E-state index in [2.05, 4.69) is 5.32 Å². The molecule has 0 fully saturated rings. The number of rotatable bonds is 13. The quantitative estimate of drug-likeness (QED) is 0.182. The Hall–Kier alpha value is -4.21. The Balaban J connectivity index is 1.81. The first kappa shape index (κ1) is 33.7. The van der Waals surface area contributed by atoms with Crippen LogP contribution in [0.4, 0.5) is 10.1 Å². The van der Waals surface area contributed by atoms with Crippen LogP contribution >= 0.6 is 11.6 Å². The number of aryl methyl sites for hydroxylation is 1. The van der Waals surface area contributed by atoms with Crippen LogP contribution in [0.2, 0.25) is 5.02 Å². The van der Waals surface area contributed by atoms with Gasteiger partial charge in [-0.05, 0) is 66.4 Å². The molecule has 2 amide bonds. The Kier molecular flexibility index (Phi) is 11.4. The number of hydrogen-bond donors (Lipinski definition) is 1. The molecule has 0 aliphatic rings. The van der Waals surface area contributed by atoms with E-state index in [1.165, 1.54) is 35.2 Å². The average Bonchev–Trinajstić information content (AvgIpc) is 3.01. The number of nitrogens with one attached hydrogen (secondary N) is 1. The maximum absolute atomic E-state index is 15.0. The molecule has 236 valence electrons. The van der Waals surface area contributed by atoms with Crippen LogP contribution in [0.5, 0.6) is 0 Å². The van der Waals surface area contributed by atoms with Gasteiger partial charge in [0.2, 0.25) is 11.8 Å². The van der Waals surface area contributed by atoms with Gasteiger partial charge in [0, 0.05) is 30.1 Å². The van der Waals surface area contributed by atoms with Crippen molar-refractivity contribution >= 4 is 39.1 Å². The molecule has 45 heavy (non-hydrogen) atoms. The van der Waals surface area contributed by atoms with Gasteiger partial charge in [-0.15, -0.1) is 0 Å². The van der Waals surface area contributed by atoms with Gasteiger partial charge in [0.25, 0.3) is 10.0 Å². The van der Waals surface area contributed by atoms with Crippen molar-refractivity contribution in [3.05, 3.63) is 131 Å². The number of hydrogen-bond acceptors (Lipinski definition) is 4. The van der Waals surface area contributed by atoms with E-state index >= 15 is 4.39 Å². The lowest BCUT2D eigenvalue weighted by molar-refractivity contribution is -0.140. The van der Waals surface area contributed by atoms with Crippen molar-refractivity contribution in [2.75, 3.05) is 17.4 Å². The zero-order chi connectivity index (χ0) is 32.6. The first-order valence-corrected chi connectivity index (χ1v) is 16.5. The lowest BCUT2D eigenvalue weighted by Gasteiger charge is -2.34. The number of carbonyl (C=O) groups excluding carboxylic acids is 2. The number of amides is 2. The summed E-state index contributed by atoms with van der Waals surface area (Å²) in [4.78, 5) is 29.4. The molecule has 1 unspecified atom stereocenters. The maximum Gasteiger partial charge on any atom is 0.264 e. The zero-order valence-electron chi connectivity index (χ0n) is 25.5. The van der Waals surface area contributed by atoms with Crippen molar-refractivity contribution in [3.8, 4) is 0 Å². The Bertz CT molecular complexity index is 1720. The SMILES string of the molecule is Cc1cccc(N(CC(=O)N(Cc2ccccc2F)C(Cc2ccccc2)C(=O)NCC(C)C)S(=O)(=O)c2ccc(Cl)cc2)c1. The van der Waals surface area contributed by atoms with E-state index < -0.39 is 40.2 Å². The fourth-order valence-corrected chi connectivity index (χ4v) is 6.36. The highest BCUT2D eigenvalue weighted by Crippen LogP contribution is 2.27. The second-order valence-corrected chi connectivity index (χ2v) is 13.6. The number of anilines is 1. The largest absolute Gasteiger partial charge is 0.354 e. The summed E-state index contributed by atoms with van der Waals surface area (Å²) in [6.07, 6.45) is 0.138. The molecule has 0 spiro atoms. The number of benzene rings is 4. The van der Waals surface area contributed by atoms with Crippen LogP contribution < -0.4 is 9.62 Å². The second kappa shape index (κ2) is 15.2. The monoisotopic (exact) mass is 649 g/mol. The van der Waals surface area contributed by atoms with Crippen LogP contribution in [0.3, 0.4) is 0 Å². The van der Waals surface area contributed by atoms with Crippen molar-refractivity contribution in [2.45, 2.75) is 44.7 Å². The highest BCUT2D eigenvalue weighted by molar-refractivity contribution is 7.92. The lowest BCUT2D eigenvalue weighted by atomic mass is 10.0. The van der Waals surface area contributed by atoms with Crippen LogP contribution in [0.15, 0.2) is 108 Å². The minimum absolute atomic E-state index is 0.0580. The Morgan fingerprint density at radius 2 is 1.56 bits per heavy atom. The van der Waals surface area contributed by atoms with Crippen molar-refractivity contribution in [3.63, 3.8) is 0 Å². The topological polar surface area (TPSA) is 86.8 Å². The van der Waals surface area contributed by atoms with Crippen LogP contribution in [-0.4, -0.2) is 44.3 Å². The molecule has 0 aliphatic carbocycles. The first-order valence-electron chi connectivity index (χ1n) is 14.6. The van der Waals surface area contributed by atoms with Gasteiger partial charge in [-0.3, -0.25) is 13.9 Å². The van der Waals surface area contributed by atoms with Crippen molar-refractivity contribution in [1.82, 2.24) is 10.2 Å². The van der Waals surface area contributed by atoms with E-state index in [1.807, 2.05) is 57.2 Å². The molecule has 7 nitrogen and oxygen atoms in total. The van der Waals surface area contributed by atoms with Gasteiger partial charge in [-0.1, -0.05) is 86.1 Å². The molecular formula is C35H37ClFN3O4S. The van der Waals surface area contributed by atoms with Gasteiger partial charge in [0.15, 0.2) is 0 Å². The van der Waals surface area contributed by atoms with Crippen LogP contribution in [0.1, 0.15) is 30.5 Å². The summed E-state index contributed by atoms with van der Waals surface area (Å²) in [5.41, 5.74) is 2.04. The molecule has 0 saturated carbocycles. The Morgan fingerprint density at radius 3 is 2.20 bits per heavy atom. The number of halogens is 2. The summed E-state index contributed by atoms with van der Waals surface area (Å²) >= 11 is 6.03. The predicted molar refractivity (Wildman–Crippen MR) is 176 cm³/mol. The molecule has 10 heteroatoms. The second-order valence-electron chi connectivity index (χ2n) is 11.3.